The van der Waals surface area contributed by atoms with E-state index in [-0.39, 0.29) is 11.9 Å². The van der Waals surface area contributed by atoms with Crippen molar-refractivity contribution in [2.24, 2.45) is 0 Å². The third-order valence-electron chi connectivity index (χ3n) is 3.83. The Hall–Kier alpha value is -2.59. The van der Waals surface area contributed by atoms with Gasteiger partial charge in [0.2, 0.25) is 0 Å². The summed E-state index contributed by atoms with van der Waals surface area (Å²) < 4.78 is 1.69. The quantitative estimate of drug-likeness (QED) is 0.748. The molecule has 0 radical (unpaired) electrons. The molecule has 1 heterocycles. The predicted molar refractivity (Wildman–Crippen MR) is 95.5 cm³/mol. The highest BCUT2D eigenvalue weighted by molar-refractivity contribution is 6.30. The second kappa shape index (κ2) is 7.32. The summed E-state index contributed by atoms with van der Waals surface area (Å²) in [5, 5.41) is 7.97. The van der Waals surface area contributed by atoms with E-state index in [1.807, 2.05) is 61.5 Å². The summed E-state index contributed by atoms with van der Waals surface area (Å²) in [6.07, 6.45) is 4.08. The van der Waals surface area contributed by atoms with E-state index >= 15 is 0 Å². The van der Waals surface area contributed by atoms with E-state index in [9.17, 15) is 4.79 Å². The van der Waals surface area contributed by atoms with Gasteiger partial charge in [-0.15, -0.1) is 0 Å². The number of para-hydroxylation sites is 1. The molecule has 0 fully saturated rings. The van der Waals surface area contributed by atoms with Crippen molar-refractivity contribution in [1.82, 2.24) is 15.1 Å². The lowest BCUT2D eigenvalue weighted by Crippen LogP contribution is -2.27. The summed E-state index contributed by atoms with van der Waals surface area (Å²) in [5.74, 6) is -0.149. The average molecular weight is 340 g/mol. The van der Waals surface area contributed by atoms with Crippen molar-refractivity contribution in [2.75, 3.05) is 0 Å². The molecule has 122 valence electrons. The molecule has 0 aliphatic heterocycles. The van der Waals surface area contributed by atoms with Gasteiger partial charge in [0.1, 0.15) is 0 Å². The van der Waals surface area contributed by atoms with Crippen LogP contribution in [0.3, 0.4) is 0 Å². The fraction of sp³-hybridized carbons (Fsp3) is 0.158. The number of aromatic nitrogens is 2. The van der Waals surface area contributed by atoms with Crippen molar-refractivity contribution >= 4 is 17.5 Å². The maximum atomic E-state index is 12.5. The minimum atomic E-state index is -0.149. The molecule has 0 saturated carbocycles. The Morgan fingerprint density at radius 1 is 1.21 bits per heavy atom. The Bertz CT molecular complexity index is 829. The van der Waals surface area contributed by atoms with E-state index in [0.717, 1.165) is 17.7 Å². The van der Waals surface area contributed by atoms with Crippen molar-refractivity contribution < 1.29 is 4.79 Å². The van der Waals surface area contributed by atoms with Gasteiger partial charge in [0.15, 0.2) is 0 Å². The third kappa shape index (κ3) is 3.66. The van der Waals surface area contributed by atoms with E-state index in [0.29, 0.717) is 10.6 Å². The van der Waals surface area contributed by atoms with Crippen LogP contribution in [0.1, 0.15) is 35.3 Å². The summed E-state index contributed by atoms with van der Waals surface area (Å²) in [6, 6.07) is 17.2. The molecule has 0 aliphatic rings. The zero-order valence-electron chi connectivity index (χ0n) is 13.3. The molecular weight excluding hydrogens is 322 g/mol. The van der Waals surface area contributed by atoms with Crippen molar-refractivity contribution in [2.45, 2.75) is 19.4 Å². The molecule has 0 saturated heterocycles. The summed E-state index contributed by atoms with van der Waals surface area (Å²) >= 11 is 6.04. The van der Waals surface area contributed by atoms with Gasteiger partial charge in [0.25, 0.3) is 5.91 Å². The standard InChI is InChI=1S/C19H18ClN3O/c1-2-18(14-7-6-8-16(20)11-14)22-19(24)15-12-21-23(13-15)17-9-4-3-5-10-17/h3-13,18H,2H2,1H3,(H,22,24). The Labute approximate surface area is 146 Å². The molecule has 2 aromatic carbocycles. The Balaban J connectivity index is 1.76. The van der Waals surface area contributed by atoms with E-state index in [1.54, 1.807) is 17.1 Å². The van der Waals surface area contributed by atoms with E-state index < -0.39 is 0 Å². The van der Waals surface area contributed by atoms with Crippen LogP contribution >= 0.6 is 11.6 Å². The van der Waals surface area contributed by atoms with Crippen LogP contribution in [0, 0.1) is 0 Å². The van der Waals surface area contributed by atoms with Crippen molar-refractivity contribution in [1.29, 1.82) is 0 Å². The molecule has 1 unspecified atom stereocenters. The van der Waals surface area contributed by atoms with Gasteiger partial charge >= 0.3 is 0 Å². The Kier molecular flexibility index (Phi) is 4.96. The summed E-state index contributed by atoms with van der Waals surface area (Å²) in [5.41, 5.74) is 2.44. The van der Waals surface area contributed by atoms with Crippen LogP contribution in [-0.4, -0.2) is 15.7 Å². The molecular formula is C19H18ClN3O. The smallest absolute Gasteiger partial charge is 0.254 e. The fourth-order valence-corrected chi connectivity index (χ4v) is 2.75. The topological polar surface area (TPSA) is 46.9 Å². The SMILES string of the molecule is CCC(NC(=O)c1cnn(-c2ccccc2)c1)c1cccc(Cl)c1. The van der Waals surface area contributed by atoms with Crippen LogP contribution < -0.4 is 5.32 Å². The van der Waals surface area contributed by atoms with Crippen molar-refractivity contribution in [3.8, 4) is 5.69 Å². The van der Waals surface area contributed by atoms with Gasteiger partial charge in [0, 0.05) is 11.2 Å². The van der Waals surface area contributed by atoms with Gasteiger partial charge in [-0.3, -0.25) is 4.79 Å². The highest BCUT2D eigenvalue weighted by Gasteiger charge is 2.16. The minimum Gasteiger partial charge on any atom is -0.345 e. The van der Waals surface area contributed by atoms with Gasteiger partial charge in [-0.25, -0.2) is 4.68 Å². The average Bonchev–Trinajstić information content (AvgIpc) is 3.10. The van der Waals surface area contributed by atoms with Crippen LogP contribution in [0.15, 0.2) is 67.0 Å². The summed E-state index contributed by atoms with van der Waals surface area (Å²) in [7, 11) is 0. The Morgan fingerprint density at radius 2 is 2.00 bits per heavy atom. The molecule has 1 atom stereocenters. The van der Waals surface area contributed by atoms with E-state index in [4.69, 9.17) is 11.6 Å². The molecule has 5 heteroatoms. The molecule has 3 aromatic rings. The van der Waals surface area contributed by atoms with Crippen molar-refractivity contribution in [3.05, 3.63) is 83.1 Å². The number of halogens is 1. The number of carbonyl (C=O) groups excluding carboxylic acids is 1. The zero-order valence-corrected chi connectivity index (χ0v) is 14.1. The zero-order chi connectivity index (χ0) is 16.9. The number of benzene rings is 2. The van der Waals surface area contributed by atoms with Crippen LogP contribution in [0.4, 0.5) is 0 Å². The minimum absolute atomic E-state index is 0.0868. The predicted octanol–water partition coefficient (Wildman–Crippen LogP) is 4.41. The molecule has 1 N–H and O–H groups in total. The second-order valence-corrected chi connectivity index (χ2v) is 5.93. The highest BCUT2D eigenvalue weighted by atomic mass is 35.5. The normalized spacial score (nSPS) is 11.9. The summed E-state index contributed by atoms with van der Waals surface area (Å²) in [4.78, 5) is 12.5. The van der Waals surface area contributed by atoms with Gasteiger partial charge in [-0.1, -0.05) is 48.9 Å². The lowest BCUT2D eigenvalue weighted by Gasteiger charge is -2.17. The van der Waals surface area contributed by atoms with Gasteiger partial charge in [0.05, 0.1) is 23.5 Å². The number of amides is 1. The fourth-order valence-electron chi connectivity index (χ4n) is 2.55. The first kappa shape index (κ1) is 16.3. The Morgan fingerprint density at radius 3 is 2.71 bits per heavy atom. The first-order valence-electron chi connectivity index (χ1n) is 7.84. The molecule has 24 heavy (non-hydrogen) atoms. The largest absolute Gasteiger partial charge is 0.345 e. The number of nitrogens with zero attached hydrogens (tertiary/aromatic N) is 2. The van der Waals surface area contributed by atoms with E-state index in [1.165, 1.54) is 0 Å². The molecule has 3 rings (SSSR count). The van der Waals surface area contributed by atoms with Crippen LogP contribution in [0.25, 0.3) is 5.69 Å². The van der Waals surface area contributed by atoms with Gasteiger partial charge < -0.3 is 5.32 Å². The number of carbonyl (C=O) groups is 1. The first-order valence-corrected chi connectivity index (χ1v) is 8.21. The number of hydrogen-bond donors (Lipinski definition) is 1. The van der Waals surface area contributed by atoms with Crippen molar-refractivity contribution in [3.63, 3.8) is 0 Å². The van der Waals surface area contributed by atoms with Crippen LogP contribution in [-0.2, 0) is 0 Å². The van der Waals surface area contributed by atoms with Crippen LogP contribution in [0.5, 0.6) is 0 Å². The van der Waals surface area contributed by atoms with Gasteiger partial charge in [-0.2, -0.15) is 5.10 Å². The lowest BCUT2D eigenvalue weighted by atomic mass is 10.0. The monoisotopic (exact) mass is 339 g/mol. The number of nitrogens with one attached hydrogen (secondary N) is 1. The maximum absolute atomic E-state index is 12.5. The summed E-state index contributed by atoms with van der Waals surface area (Å²) in [6.45, 7) is 2.03. The molecule has 1 amide bonds. The second-order valence-electron chi connectivity index (χ2n) is 5.50. The van der Waals surface area contributed by atoms with E-state index in [2.05, 4.69) is 10.4 Å². The number of hydrogen-bond acceptors (Lipinski definition) is 2. The molecule has 1 aromatic heterocycles. The molecule has 0 spiro atoms. The lowest BCUT2D eigenvalue weighted by molar-refractivity contribution is 0.0935. The van der Waals surface area contributed by atoms with Gasteiger partial charge in [-0.05, 0) is 36.2 Å². The first-order chi connectivity index (χ1) is 11.7. The third-order valence-corrected chi connectivity index (χ3v) is 4.07. The maximum Gasteiger partial charge on any atom is 0.254 e. The van der Waals surface area contributed by atoms with Crippen LogP contribution in [0.2, 0.25) is 5.02 Å². The molecule has 0 aliphatic carbocycles. The highest BCUT2D eigenvalue weighted by Crippen LogP contribution is 2.21. The molecule has 4 nitrogen and oxygen atoms in total. The molecule has 0 bridgehead atoms. The number of rotatable bonds is 5.